The van der Waals surface area contributed by atoms with Gasteiger partial charge in [0.25, 0.3) is 0 Å². The maximum absolute atomic E-state index is 12.9. The first-order chi connectivity index (χ1) is 35.0. The van der Waals surface area contributed by atoms with Gasteiger partial charge in [-0.15, -0.1) is 0 Å². The Morgan fingerprint density at radius 3 is 0.704 bits per heavy atom. The summed E-state index contributed by atoms with van der Waals surface area (Å²) in [6.07, 6.45) is 71.8. The third kappa shape index (κ3) is 58.7. The Bertz CT molecular complexity index is 1150. The lowest BCUT2D eigenvalue weighted by atomic mass is 10.0. The summed E-state index contributed by atoms with van der Waals surface area (Å²) in [7, 11) is 0. The molecule has 0 saturated heterocycles. The monoisotopic (exact) mass is 999 g/mol. The van der Waals surface area contributed by atoms with Crippen molar-refractivity contribution >= 4 is 17.9 Å². The van der Waals surface area contributed by atoms with E-state index in [1.165, 1.54) is 257 Å². The van der Waals surface area contributed by atoms with E-state index in [4.69, 9.17) is 14.2 Å². The van der Waals surface area contributed by atoms with E-state index >= 15 is 0 Å². The number of rotatable bonds is 59. The van der Waals surface area contributed by atoms with Crippen LogP contribution in [0.25, 0.3) is 0 Å². The normalized spacial score (nSPS) is 12.1. The molecular weight excluding hydrogens is 877 g/mol. The zero-order valence-electron chi connectivity index (χ0n) is 48.0. The third-order valence-electron chi connectivity index (χ3n) is 14.4. The molecule has 0 rings (SSSR count). The van der Waals surface area contributed by atoms with Crippen molar-refractivity contribution in [3.05, 3.63) is 24.3 Å². The average molecular weight is 1000 g/mol. The molecule has 0 aromatic carbocycles. The topological polar surface area (TPSA) is 78.9 Å². The van der Waals surface area contributed by atoms with E-state index in [0.717, 1.165) is 57.8 Å². The van der Waals surface area contributed by atoms with Crippen molar-refractivity contribution in [2.24, 2.45) is 0 Å². The molecule has 0 N–H and O–H groups in total. The molecule has 0 aliphatic carbocycles. The highest BCUT2D eigenvalue weighted by Gasteiger charge is 2.19. The summed E-state index contributed by atoms with van der Waals surface area (Å²) in [6, 6.07) is 0. The van der Waals surface area contributed by atoms with E-state index in [2.05, 4.69) is 45.1 Å². The van der Waals surface area contributed by atoms with Crippen LogP contribution in [0.1, 0.15) is 355 Å². The van der Waals surface area contributed by atoms with Crippen LogP contribution in [0.3, 0.4) is 0 Å². The summed E-state index contributed by atoms with van der Waals surface area (Å²) >= 11 is 0. The van der Waals surface area contributed by atoms with Gasteiger partial charge in [0.1, 0.15) is 13.2 Å². The van der Waals surface area contributed by atoms with E-state index in [0.29, 0.717) is 19.3 Å². The zero-order chi connectivity index (χ0) is 51.4. The van der Waals surface area contributed by atoms with Crippen LogP contribution < -0.4 is 0 Å². The molecule has 0 aromatic heterocycles. The number of esters is 3. The fraction of sp³-hybridized carbons (Fsp3) is 0.892. The molecule has 0 spiro atoms. The Kier molecular flexibility index (Phi) is 58.6. The van der Waals surface area contributed by atoms with Gasteiger partial charge in [0, 0.05) is 19.3 Å². The molecule has 6 heteroatoms. The van der Waals surface area contributed by atoms with E-state index in [-0.39, 0.29) is 31.1 Å². The van der Waals surface area contributed by atoms with Crippen LogP contribution in [0.4, 0.5) is 0 Å². The highest BCUT2D eigenvalue weighted by molar-refractivity contribution is 5.71. The van der Waals surface area contributed by atoms with Crippen molar-refractivity contribution in [3.8, 4) is 0 Å². The molecule has 6 nitrogen and oxygen atoms in total. The van der Waals surface area contributed by atoms with Crippen LogP contribution in [-0.4, -0.2) is 37.2 Å². The Hall–Kier alpha value is -2.11. The van der Waals surface area contributed by atoms with Gasteiger partial charge < -0.3 is 14.2 Å². The molecule has 0 fully saturated rings. The minimum Gasteiger partial charge on any atom is -0.462 e. The summed E-state index contributed by atoms with van der Waals surface area (Å²) in [5.41, 5.74) is 0. The maximum atomic E-state index is 12.9. The first-order valence-corrected chi connectivity index (χ1v) is 31.8. The fourth-order valence-electron chi connectivity index (χ4n) is 9.61. The lowest BCUT2D eigenvalue weighted by Crippen LogP contribution is -2.30. The van der Waals surface area contributed by atoms with Gasteiger partial charge >= 0.3 is 17.9 Å². The molecule has 0 saturated carbocycles. The second kappa shape index (κ2) is 60.4. The van der Waals surface area contributed by atoms with Gasteiger partial charge in [-0.25, -0.2) is 0 Å². The maximum Gasteiger partial charge on any atom is 0.306 e. The molecule has 0 heterocycles. The highest BCUT2D eigenvalue weighted by Crippen LogP contribution is 2.17. The van der Waals surface area contributed by atoms with Crippen molar-refractivity contribution in [3.63, 3.8) is 0 Å². The molecule has 418 valence electrons. The van der Waals surface area contributed by atoms with Gasteiger partial charge in [-0.3, -0.25) is 14.4 Å². The second-order valence-corrected chi connectivity index (χ2v) is 21.7. The number of hydrogen-bond donors (Lipinski definition) is 0. The van der Waals surface area contributed by atoms with Crippen LogP contribution in [-0.2, 0) is 28.6 Å². The van der Waals surface area contributed by atoms with Gasteiger partial charge in [-0.1, -0.05) is 289 Å². The molecular formula is C65H122O6. The summed E-state index contributed by atoms with van der Waals surface area (Å²) in [5.74, 6) is -0.850. The van der Waals surface area contributed by atoms with Crippen molar-refractivity contribution in [1.82, 2.24) is 0 Å². The van der Waals surface area contributed by atoms with E-state index in [1.54, 1.807) is 0 Å². The van der Waals surface area contributed by atoms with Crippen LogP contribution in [0.15, 0.2) is 24.3 Å². The number of ether oxygens (including phenoxy) is 3. The number of allylic oxidation sites excluding steroid dienone is 4. The van der Waals surface area contributed by atoms with Crippen molar-refractivity contribution in [1.29, 1.82) is 0 Å². The number of hydrogen-bond acceptors (Lipinski definition) is 6. The predicted octanol–water partition coefficient (Wildman–Crippen LogP) is 21.4. The average Bonchev–Trinajstić information content (AvgIpc) is 3.37. The standard InChI is InChI=1S/C65H122O6/c1-4-7-10-13-16-19-22-25-28-30-32-33-34-36-37-40-43-46-49-52-55-58-64(67)70-61-62(60-69-63(66)57-54-51-48-45-42-39-27-24-21-18-15-12-9-6-3)71-65(68)59-56-53-50-47-44-41-38-35-31-29-26-23-20-17-14-11-8-5-2/h29-32,62H,4-28,33-61H2,1-3H3/b31-29-,32-30-. The van der Waals surface area contributed by atoms with E-state index < -0.39 is 6.10 Å². The third-order valence-corrected chi connectivity index (χ3v) is 14.4. The van der Waals surface area contributed by atoms with Gasteiger partial charge in [0.15, 0.2) is 6.10 Å². The van der Waals surface area contributed by atoms with Crippen molar-refractivity contribution in [2.75, 3.05) is 13.2 Å². The van der Waals surface area contributed by atoms with Crippen LogP contribution >= 0.6 is 0 Å². The Labute approximate surface area is 443 Å². The lowest BCUT2D eigenvalue weighted by Gasteiger charge is -2.18. The summed E-state index contributed by atoms with van der Waals surface area (Å²) < 4.78 is 16.9. The minimum atomic E-state index is -0.771. The molecule has 0 aliphatic heterocycles. The van der Waals surface area contributed by atoms with Gasteiger partial charge in [0.2, 0.25) is 0 Å². The highest BCUT2D eigenvalue weighted by atomic mass is 16.6. The van der Waals surface area contributed by atoms with Crippen molar-refractivity contribution < 1.29 is 28.6 Å². The summed E-state index contributed by atoms with van der Waals surface area (Å²) in [5, 5.41) is 0. The summed E-state index contributed by atoms with van der Waals surface area (Å²) in [6.45, 7) is 6.70. The van der Waals surface area contributed by atoms with Gasteiger partial charge in [-0.2, -0.15) is 0 Å². The fourth-order valence-corrected chi connectivity index (χ4v) is 9.61. The quantitative estimate of drug-likeness (QED) is 0.0261. The first kappa shape index (κ1) is 68.9. The van der Waals surface area contributed by atoms with Crippen LogP contribution in [0.5, 0.6) is 0 Å². The molecule has 0 radical (unpaired) electrons. The minimum absolute atomic E-state index is 0.0686. The van der Waals surface area contributed by atoms with E-state index in [9.17, 15) is 14.4 Å². The Morgan fingerprint density at radius 2 is 0.465 bits per heavy atom. The van der Waals surface area contributed by atoms with Crippen LogP contribution in [0.2, 0.25) is 0 Å². The predicted molar refractivity (Wildman–Crippen MR) is 307 cm³/mol. The number of carbonyl (C=O) groups excluding carboxylic acids is 3. The molecule has 0 aliphatic rings. The smallest absolute Gasteiger partial charge is 0.306 e. The zero-order valence-corrected chi connectivity index (χ0v) is 48.0. The van der Waals surface area contributed by atoms with Gasteiger partial charge in [-0.05, 0) is 70.6 Å². The Balaban J connectivity index is 4.30. The molecule has 0 bridgehead atoms. The van der Waals surface area contributed by atoms with Crippen molar-refractivity contribution in [2.45, 2.75) is 361 Å². The molecule has 0 amide bonds. The summed E-state index contributed by atoms with van der Waals surface area (Å²) in [4.78, 5) is 38.3. The first-order valence-electron chi connectivity index (χ1n) is 31.8. The Morgan fingerprint density at radius 1 is 0.268 bits per heavy atom. The van der Waals surface area contributed by atoms with Gasteiger partial charge in [0.05, 0.1) is 0 Å². The SMILES string of the molecule is CCCCCCCCC/C=C\CCCCCCCCCC(=O)OC(COC(=O)CCCCCCCCCCC/C=C\CCCCCCCCCC)COC(=O)CCCCCCCCCCCCCCCC. The number of unbranched alkanes of at least 4 members (excludes halogenated alkanes) is 44. The lowest BCUT2D eigenvalue weighted by molar-refractivity contribution is -0.167. The second-order valence-electron chi connectivity index (χ2n) is 21.7. The molecule has 0 aromatic rings. The molecule has 1 unspecified atom stereocenters. The molecule has 71 heavy (non-hydrogen) atoms. The van der Waals surface area contributed by atoms with E-state index in [1.807, 2.05) is 0 Å². The molecule has 1 atom stereocenters. The van der Waals surface area contributed by atoms with Crippen LogP contribution in [0, 0.1) is 0 Å². The number of carbonyl (C=O) groups is 3. The largest absolute Gasteiger partial charge is 0.462 e.